The molecule has 0 saturated heterocycles. The van der Waals surface area contributed by atoms with E-state index in [2.05, 4.69) is 15.0 Å². The molecular formula is C59H54N4O. The van der Waals surface area contributed by atoms with Crippen molar-refractivity contribution in [2.75, 3.05) is 0 Å². The van der Waals surface area contributed by atoms with Crippen LogP contribution >= 0.6 is 0 Å². The molecule has 0 spiro atoms. The summed E-state index contributed by atoms with van der Waals surface area (Å²) in [6, 6.07) is 33.6. The first-order chi connectivity index (χ1) is 38.0. The number of fused-ring (bicyclic) bond motifs is 3. The van der Waals surface area contributed by atoms with E-state index in [-0.39, 0.29) is 61.7 Å². The van der Waals surface area contributed by atoms with Gasteiger partial charge in [0.15, 0.2) is 0 Å². The Bertz CT molecular complexity index is 3830. The summed E-state index contributed by atoms with van der Waals surface area (Å²) in [4.78, 5) is 13.5. The largest absolute Gasteiger partial charge is 0.455 e. The summed E-state index contributed by atoms with van der Waals surface area (Å²) in [5.74, 6) is -3.13. The van der Waals surface area contributed by atoms with Gasteiger partial charge in [0.25, 0.3) is 0 Å². The number of aryl methyl sites for hydroxylation is 7. The number of para-hydroxylation sites is 1. The lowest BCUT2D eigenvalue weighted by molar-refractivity contribution is 0.666. The number of nitriles is 1. The lowest BCUT2D eigenvalue weighted by Crippen LogP contribution is -2.04. The molecule has 0 aliphatic heterocycles. The zero-order chi connectivity index (χ0) is 60.1. The quantitative estimate of drug-likeness (QED) is 0.109. The Morgan fingerprint density at radius 2 is 1.11 bits per heavy atom. The van der Waals surface area contributed by atoms with Gasteiger partial charge in [-0.15, -0.1) is 0 Å². The first-order valence-corrected chi connectivity index (χ1v) is 20.6. The number of aromatic nitrogens is 3. The first-order valence-electron chi connectivity index (χ1n) is 29.6. The second-order valence-corrected chi connectivity index (χ2v) is 15.6. The maximum absolute atomic E-state index is 9.83. The molecule has 0 aliphatic carbocycles. The lowest BCUT2D eigenvalue weighted by atomic mass is 9.90. The number of hydrogen-bond donors (Lipinski definition) is 0. The zero-order valence-corrected chi connectivity index (χ0v) is 35.6. The summed E-state index contributed by atoms with van der Waals surface area (Å²) in [5.41, 5.74) is -1.51. The van der Waals surface area contributed by atoms with Crippen molar-refractivity contribution in [1.29, 1.82) is 5.26 Å². The molecular weight excluding hydrogens is 781 g/mol. The third-order valence-electron chi connectivity index (χ3n) is 10.7. The Morgan fingerprint density at radius 3 is 1.62 bits per heavy atom. The van der Waals surface area contributed by atoms with Gasteiger partial charge in [0.05, 0.1) is 30.1 Å². The maximum Gasteiger partial charge on any atom is 0.144 e. The van der Waals surface area contributed by atoms with Crippen LogP contribution in [0.1, 0.15) is 120 Å². The van der Waals surface area contributed by atoms with E-state index >= 15 is 0 Å². The van der Waals surface area contributed by atoms with Gasteiger partial charge in [0.2, 0.25) is 0 Å². The average Bonchev–Trinajstić information content (AvgIpc) is 2.15. The molecule has 5 aromatic carbocycles. The molecule has 0 bridgehead atoms. The van der Waals surface area contributed by atoms with Gasteiger partial charge < -0.3 is 4.42 Å². The zero-order valence-electron chi connectivity index (χ0n) is 53.6. The Balaban J connectivity index is 1.20. The second kappa shape index (κ2) is 18.7. The fourth-order valence-electron chi connectivity index (χ4n) is 7.45. The van der Waals surface area contributed by atoms with Crippen LogP contribution in [-0.2, 0) is 38.2 Å². The standard InChI is InChI=1S/C59H54N4O/c1-38(2)53-32-56(45-13-8-6-9-14-45)62-36-48(53)24-21-43-29-42(30-44(31-43)22-25-49-37-63-57(33-54(49)39(3)4)46-15-10-7-11-16-46)20-19-41-23-28-55(61-35-41)52-18-12-17-50-51-27-26-47(34-60)40(5)58(51)64-59(50)52/h6-18,23,26-33,35-39H,19-22,24-25H2,1-5H3/i5D3,19D2,20D2,21D2,22D2,24D2,25D2,26D,38D,39D. The Kier molecular flexibility index (Phi) is 7.53. The second-order valence-electron chi connectivity index (χ2n) is 15.6. The predicted octanol–water partition coefficient (Wildman–Crippen LogP) is 14.6. The maximum atomic E-state index is 9.83. The van der Waals surface area contributed by atoms with Crippen LogP contribution in [0.3, 0.4) is 0 Å². The van der Waals surface area contributed by atoms with Gasteiger partial charge in [-0.25, -0.2) is 0 Å². The van der Waals surface area contributed by atoms with Crippen LogP contribution in [0.2, 0.25) is 0 Å². The van der Waals surface area contributed by atoms with Crippen molar-refractivity contribution in [1.82, 2.24) is 15.0 Å². The molecule has 64 heavy (non-hydrogen) atoms. The van der Waals surface area contributed by atoms with Gasteiger partial charge in [-0.05, 0) is 138 Å². The lowest BCUT2D eigenvalue weighted by Gasteiger charge is -2.16. The number of benzene rings is 5. The van der Waals surface area contributed by atoms with E-state index in [4.69, 9.17) is 12.6 Å². The fourth-order valence-corrected chi connectivity index (χ4v) is 7.45. The summed E-state index contributed by atoms with van der Waals surface area (Å²) >= 11 is 0. The van der Waals surface area contributed by atoms with Crippen molar-refractivity contribution in [3.63, 3.8) is 0 Å². The van der Waals surface area contributed by atoms with E-state index in [1.54, 1.807) is 84.9 Å². The molecule has 316 valence electrons. The number of furan rings is 1. The highest BCUT2D eigenvalue weighted by Crippen LogP contribution is 2.37. The van der Waals surface area contributed by atoms with Crippen LogP contribution in [0.15, 0.2) is 156 Å². The predicted molar refractivity (Wildman–Crippen MR) is 263 cm³/mol. The van der Waals surface area contributed by atoms with E-state index in [9.17, 15) is 21.7 Å². The van der Waals surface area contributed by atoms with Crippen LogP contribution in [-0.4, -0.2) is 15.0 Å². The van der Waals surface area contributed by atoms with Gasteiger partial charge in [-0.1, -0.05) is 125 Å². The highest BCUT2D eigenvalue weighted by atomic mass is 16.3. The molecule has 0 atom stereocenters. The molecule has 0 fully saturated rings. The van der Waals surface area contributed by atoms with E-state index in [1.807, 2.05) is 0 Å². The van der Waals surface area contributed by atoms with Gasteiger partial charge >= 0.3 is 0 Å². The van der Waals surface area contributed by atoms with Crippen LogP contribution in [0, 0.1) is 18.2 Å². The summed E-state index contributed by atoms with van der Waals surface area (Å²) in [7, 11) is 0. The summed E-state index contributed by atoms with van der Waals surface area (Å²) in [5, 5.41) is 10.5. The number of hydrogen-bond acceptors (Lipinski definition) is 5. The van der Waals surface area contributed by atoms with Crippen molar-refractivity contribution in [2.24, 2.45) is 0 Å². The minimum Gasteiger partial charge on any atom is -0.455 e. The van der Waals surface area contributed by atoms with Crippen molar-refractivity contribution >= 4 is 21.9 Å². The molecule has 0 unspecified atom stereocenters. The molecule has 0 saturated carbocycles. The minimum atomic E-state index is -3.30. The van der Waals surface area contributed by atoms with Gasteiger partial charge in [-0.3, -0.25) is 15.0 Å². The Morgan fingerprint density at radius 1 is 0.578 bits per heavy atom. The smallest absolute Gasteiger partial charge is 0.144 e. The summed E-state index contributed by atoms with van der Waals surface area (Å²) in [6.07, 6.45) is -16.0. The highest BCUT2D eigenvalue weighted by molar-refractivity contribution is 6.10. The SMILES string of the molecule is [2H]c1cc2c(oc3c(-c4ccc(C([2H])([2H])C([2H])([2H])c5cc(C([2H])([2H])C([2H])([2H])c6cnc(-c7ccccc7)cc6C([2H])(C)C)cc(C([2H])([2H])C([2H])([2H])c6cnc(-c7ccccc7)cc6C([2H])(C)C)c5)cn4)cccc32)c(C([2H])([2H])[2H])c1C#N. The molecule has 0 radical (unpaired) electrons. The summed E-state index contributed by atoms with van der Waals surface area (Å²) in [6.45, 7) is 3.12. The number of nitrogens with zero attached hydrogens (tertiary/aromatic N) is 4. The molecule has 0 N–H and O–H groups in total. The van der Waals surface area contributed by atoms with Crippen molar-refractivity contribution in [3.8, 4) is 39.8 Å². The van der Waals surface area contributed by atoms with Crippen LogP contribution in [0.4, 0.5) is 0 Å². The van der Waals surface area contributed by atoms with Crippen LogP contribution in [0.25, 0.3) is 55.7 Å². The molecule has 0 amide bonds. The average molecular weight is 853 g/mol. The molecule has 4 heterocycles. The normalized spacial score (nSPS) is 17.5. The topological polar surface area (TPSA) is 75.6 Å². The molecule has 0 aliphatic rings. The molecule has 4 aromatic heterocycles. The first kappa shape index (κ1) is 25.8. The van der Waals surface area contributed by atoms with Crippen LogP contribution in [0.5, 0.6) is 0 Å². The fraction of sp³-hybridized carbons (Fsp3) is 0.220. The van der Waals surface area contributed by atoms with Crippen LogP contribution < -0.4 is 0 Å². The van der Waals surface area contributed by atoms with E-state index in [0.717, 1.165) is 36.8 Å². The van der Waals surface area contributed by atoms with Crippen molar-refractivity contribution < 1.29 is 29.1 Å². The molecule has 5 heteroatoms. The van der Waals surface area contributed by atoms with Crippen molar-refractivity contribution in [2.45, 2.75) is 84.6 Å². The Hall–Kier alpha value is -7.16. The Labute approximate surface area is 402 Å². The van der Waals surface area contributed by atoms with Gasteiger partial charge in [0.1, 0.15) is 11.2 Å². The number of rotatable bonds is 14. The minimum absolute atomic E-state index is 0.0462. The number of pyridine rings is 3. The summed E-state index contributed by atoms with van der Waals surface area (Å²) < 4.78 is 173. The molecule has 9 aromatic rings. The van der Waals surface area contributed by atoms with Crippen molar-refractivity contribution in [3.05, 3.63) is 208 Å². The monoisotopic (exact) mass is 853 g/mol. The highest BCUT2D eigenvalue weighted by Gasteiger charge is 2.17. The van der Waals surface area contributed by atoms with E-state index in [0.29, 0.717) is 33.5 Å². The third kappa shape index (κ3) is 9.01. The third-order valence-corrected chi connectivity index (χ3v) is 10.7. The molecule has 9 rings (SSSR count). The van der Waals surface area contributed by atoms with E-state index < -0.39 is 79.1 Å². The van der Waals surface area contributed by atoms with Gasteiger partial charge in [0, 0.05) is 74.9 Å². The van der Waals surface area contributed by atoms with Gasteiger partial charge in [-0.2, -0.15) is 5.26 Å². The molecule has 5 nitrogen and oxygen atoms in total. The van der Waals surface area contributed by atoms with E-state index in [1.165, 1.54) is 58.0 Å².